The summed E-state index contributed by atoms with van der Waals surface area (Å²) < 4.78 is 22.2. The smallest absolute Gasteiger partial charge is 0.255 e. The van der Waals surface area contributed by atoms with Gasteiger partial charge in [0.05, 0.1) is 29.5 Å². The third-order valence-corrected chi connectivity index (χ3v) is 6.86. The predicted molar refractivity (Wildman–Crippen MR) is 137 cm³/mol. The van der Waals surface area contributed by atoms with Gasteiger partial charge >= 0.3 is 0 Å². The highest BCUT2D eigenvalue weighted by molar-refractivity contribution is 6.36. The highest BCUT2D eigenvalue weighted by Crippen LogP contribution is 2.33. The van der Waals surface area contributed by atoms with Gasteiger partial charge in [-0.25, -0.2) is 0 Å². The van der Waals surface area contributed by atoms with E-state index in [1.807, 2.05) is 24.3 Å². The first-order valence-electron chi connectivity index (χ1n) is 12.0. The van der Waals surface area contributed by atoms with Gasteiger partial charge in [0.2, 0.25) is 12.7 Å². The molecule has 2 aliphatic rings. The quantitative estimate of drug-likeness (QED) is 0.369. The molecule has 3 heterocycles. The molecule has 0 N–H and O–H groups in total. The lowest BCUT2D eigenvalue weighted by Crippen LogP contribution is -2.45. The van der Waals surface area contributed by atoms with Crippen LogP contribution in [0, 0.1) is 0 Å². The highest BCUT2D eigenvalue weighted by atomic mass is 35.5. The molecule has 0 radical (unpaired) electrons. The number of halogens is 2. The zero-order valence-electron chi connectivity index (χ0n) is 20.0. The van der Waals surface area contributed by atoms with E-state index in [0.717, 1.165) is 18.4 Å². The van der Waals surface area contributed by atoms with E-state index in [0.29, 0.717) is 35.4 Å². The zero-order chi connectivity index (χ0) is 25.8. The molecule has 1 unspecified atom stereocenters. The molecule has 0 saturated carbocycles. The van der Waals surface area contributed by atoms with Gasteiger partial charge in [-0.15, -0.1) is 0 Å². The van der Waals surface area contributed by atoms with Crippen molar-refractivity contribution in [2.75, 3.05) is 26.5 Å². The number of amides is 2. The van der Waals surface area contributed by atoms with Crippen LogP contribution in [0.5, 0.6) is 11.5 Å². The summed E-state index contributed by atoms with van der Waals surface area (Å²) in [4.78, 5) is 30.4. The molecule has 0 bridgehead atoms. The lowest BCUT2D eigenvalue weighted by atomic mass is 10.1. The largest absolute Gasteiger partial charge is 0.467 e. The zero-order valence-corrected chi connectivity index (χ0v) is 21.5. The Bertz CT molecular complexity index is 1260. The molecule has 1 atom stereocenters. The van der Waals surface area contributed by atoms with Crippen LogP contribution < -0.4 is 9.47 Å². The normalized spacial score (nSPS) is 16.1. The van der Waals surface area contributed by atoms with Crippen molar-refractivity contribution in [1.82, 2.24) is 9.80 Å². The summed E-state index contributed by atoms with van der Waals surface area (Å²) in [5.41, 5.74) is 1.15. The molecule has 0 aliphatic carbocycles. The predicted octanol–water partition coefficient (Wildman–Crippen LogP) is 5.17. The van der Waals surface area contributed by atoms with Crippen molar-refractivity contribution >= 4 is 35.0 Å². The summed E-state index contributed by atoms with van der Waals surface area (Å²) in [6, 6.07) is 13.8. The first kappa shape index (κ1) is 25.4. The third-order valence-electron chi connectivity index (χ3n) is 6.31. The van der Waals surface area contributed by atoms with Gasteiger partial charge in [-0.1, -0.05) is 29.3 Å². The van der Waals surface area contributed by atoms with Crippen LogP contribution >= 0.6 is 23.2 Å². The van der Waals surface area contributed by atoms with Crippen LogP contribution in [0.25, 0.3) is 0 Å². The fraction of sp³-hybridized carbons (Fsp3) is 0.333. The maximum atomic E-state index is 13.7. The maximum Gasteiger partial charge on any atom is 0.255 e. The summed E-state index contributed by atoms with van der Waals surface area (Å²) in [6.45, 7) is 1.47. The first-order chi connectivity index (χ1) is 18.0. The molecule has 194 valence electrons. The van der Waals surface area contributed by atoms with Crippen molar-refractivity contribution in [3.05, 3.63) is 81.7 Å². The molecule has 10 heteroatoms. The Hall–Kier alpha value is -3.20. The van der Waals surface area contributed by atoms with E-state index in [4.69, 9.17) is 41.8 Å². The van der Waals surface area contributed by atoms with Gasteiger partial charge in [-0.3, -0.25) is 9.59 Å². The fourth-order valence-corrected chi connectivity index (χ4v) is 4.92. The van der Waals surface area contributed by atoms with Gasteiger partial charge in [-0.2, -0.15) is 0 Å². The minimum atomic E-state index is -0.355. The Balaban J connectivity index is 1.38. The summed E-state index contributed by atoms with van der Waals surface area (Å²) in [7, 11) is 0. The number of rotatable bonds is 9. The van der Waals surface area contributed by atoms with Gasteiger partial charge in [0.1, 0.15) is 12.3 Å². The van der Waals surface area contributed by atoms with Crippen LogP contribution in [0.1, 0.15) is 34.5 Å². The van der Waals surface area contributed by atoms with E-state index in [-0.39, 0.29) is 54.9 Å². The van der Waals surface area contributed by atoms with Crippen LogP contribution in [0.2, 0.25) is 10.0 Å². The molecule has 5 rings (SSSR count). The number of hydrogen-bond donors (Lipinski definition) is 0. The minimum absolute atomic E-state index is 0.143. The molecule has 0 spiro atoms. The van der Waals surface area contributed by atoms with Crippen molar-refractivity contribution in [2.45, 2.75) is 32.0 Å². The Labute approximate surface area is 224 Å². The van der Waals surface area contributed by atoms with Crippen molar-refractivity contribution in [2.24, 2.45) is 0 Å². The molecule has 2 aliphatic heterocycles. The molecule has 1 fully saturated rings. The van der Waals surface area contributed by atoms with Crippen molar-refractivity contribution in [1.29, 1.82) is 0 Å². The number of furan rings is 1. The number of ether oxygens (including phenoxy) is 3. The average Bonchev–Trinajstić information content (AvgIpc) is 3.66. The molecule has 1 saturated heterocycles. The van der Waals surface area contributed by atoms with E-state index in [1.54, 1.807) is 29.4 Å². The average molecular weight is 545 g/mol. The number of nitrogens with zero attached hydrogens (tertiary/aromatic N) is 2. The number of hydrogen-bond acceptors (Lipinski definition) is 6. The van der Waals surface area contributed by atoms with Crippen LogP contribution in [0.3, 0.4) is 0 Å². The maximum absolute atomic E-state index is 13.7. The molecular formula is C27H26Cl2N2O6. The Morgan fingerprint density at radius 3 is 2.59 bits per heavy atom. The van der Waals surface area contributed by atoms with E-state index < -0.39 is 0 Å². The van der Waals surface area contributed by atoms with Gasteiger partial charge in [0, 0.05) is 24.7 Å². The summed E-state index contributed by atoms with van der Waals surface area (Å²) in [5.74, 6) is 1.33. The minimum Gasteiger partial charge on any atom is -0.467 e. The first-order valence-corrected chi connectivity index (χ1v) is 12.8. The van der Waals surface area contributed by atoms with Crippen molar-refractivity contribution in [3.63, 3.8) is 0 Å². The second kappa shape index (κ2) is 11.5. The molecule has 3 aromatic rings. The molecular weight excluding hydrogens is 519 g/mol. The second-order valence-electron chi connectivity index (χ2n) is 8.96. The van der Waals surface area contributed by atoms with E-state index in [1.165, 1.54) is 11.0 Å². The van der Waals surface area contributed by atoms with E-state index in [9.17, 15) is 9.59 Å². The van der Waals surface area contributed by atoms with Crippen LogP contribution in [-0.4, -0.2) is 54.2 Å². The fourth-order valence-electron chi connectivity index (χ4n) is 4.43. The summed E-state index contributed by atoms with van der Waals surface area (Å²) in [6.07, 6.45) is 3.15. The van der Waals surface area contributed by atoms with E-state index >= 15 is 0 Å². The van der Waals surface area contributed by atoms with Crippen molar-refractivity contribution in [3.8, 4) is 11.5 Å². The number of fused-ring (bicyclic) bond motifs is 1. The summed E-state index contributed by atoms with van der Waals surface area (Å²) in [5, 5.41) is 0.659. The Kier molecular flexibility index (Phi) is 7.88. The molecule has 2 amide bonds. The summed E-state index contributed by atoms with van der Waals surface area (Å²) >= 11 is 12.4. The van der Waals surface area contributed by atoms with E-state index in [2.05, 4.69) is 0 Å². The van der Waals surface area contributed by atoms with Crippen LogP contribution in [0.15, 0.2) is 59.2 Å². The van der Waals surface area contributed by atoms with Crippen molar-refractivity contribution < 1.29 is 28.2 Å². The second-order valence-corrected chi connectivity index (χ2v) is 9.81. The van der Waals surface area contributed by atoms with Gasteiger partial charge in [0.25, 0.3) is 5.91 Å². The topological polar surface area (TPSA) is 81.5 Å². The SMILES string of the molecule is O=C(CN(CC1CCCO1)C(=O)c1ccc(Cl)cc1Cl)N(Cc1ccc2c(c1)OCO2)Cc1ccco1. The Morgan fingerprint density at radius 2 is 1.84 bits per heavy atom. The Morgan fingerprint density at radius 1 is 0.973 bits per heavy atom. The molecule has 1 aromatic heterocycles. The number of carbonyl (C=O) groups excluding carboxylic acids is 2. The lowest BCUT2D eigenvalue weighted by Gasteiger charge is -2.29. The number of benzene rings is 2. The lowest BCUT2D eigenvalue weighted by molar-refractivity contribution is -0.133. The molecule has 2 aromatic carbocycles. The highest BCUT2D eigenvalue weighted by Gasteiger charge is 2.29. The van der Waals surface area contributed by atoms with Crippen LogP contribution in [-0.2, 0) is 22.6 Å². The molecule has 8 nitrogen and oxygen atoms in total. The molecule has 37 heavy (non-hydrogen) atoms. The van der Waals surface area contributed by atoms with Gasteiger partial charge in [0.15, 0.2) is 11.5 Å². The van der Waals surface area contributed by atoms with Gasteiger partial charge < -0.3 is 28.4 Å². The number of carbonyl (C=O) groups is 2. The third kappa shape index (κ3) is 6.21. The standard InChI is InChI=1S/C27H26Cl2N2O6/c28-19-6-7-22(23(29)12-19)27(33)31(15-21-4-2-10-35-21)16-26(32)30(14-20-3-1-9-34-20)13-18-5-8-24-25(11-18)37-17-36-24/h1,3,5-9,11-12,21H,2,4,10,13-17H2. The van der Waals surface area contributed by atoms with Gasteiger partial charge in [-0.05, 0) is 60.9 Å². The monoisotopic (exact) mass is 544 g/mol. The van der Waals surface area contributed by atoms with Crippen LogP contribution in [0.4, 0.5) is 0 Å².